The van der Waals surface area contributed by atoms with E-state index in [0.29, 0.717) is 0 Å². The van der Waals surface area contributed by atoms with Crippen molar-refractivity contribution in [3.8, 4) is 0 Å². The van der Waals surface area contributed by atoms with Crippen molar-refractivity contribution in [2.24, 2.45) is 0 Å². The topological polar surface area (TPSA) is 0 Å². The molecule has 0 radical (unpaired) electrons. The second-order valence-corrected chi connectivity index (χ2v) is 2.52. The van der Waals surface area contributed by atoms with Gasteiger partial charge < -0.3 is 12.4 Å². The summed E-state index contributed by atoms with van der Waals surface area (Å²) in [7, 11) is 0. The van der Waals surface area contributed by atoms with Crippen LogP contribution in [0.1, 0.15) is 16.7 Å². The molecule has 56 valence electrons. The number of aryl methyl sites for hydroxylation is 3. The van der Waals surface area contributed by atoms with Crippen LogP contribution in [0.25, 0.3) is 0 Å². The predicted molar refractivity (Wildman–Crippen MR) is 45.2 cm³/mol. The fourth-order valence-electron chi connectivity index (χ4n) is 1.11. The maximum absolute atomic E-state index is 3.21. The van der Waals surface area contributed by atoms with E-state index < -0.39 is 0 Å². The molecule has 0 aromatic heterocycles. The van der Waals surface area contributed by atoms with Crippen molar-refractivity contribution in [1.82, 2.24) is 0 Å². The Balaban J connectivity index is 0. The molecule has 0 aliphatic rings. The first-order valence-corrected chi connectivity index (χ1v) is 3.15. The minimum atomic E-state index is 0. The summed E-state index contributed by atoms with van der Waals surface area (Å²) in [5, 5.41) is 0. The van der Waals surface area contributed by atoms with E-state index in [1.54, 1.807) is 0 Å². The zero-order valence-corrected chi connectivity index (χ0v) is 9.41. The van der Waals surface area contributed by atoms with Crippen LogP contribution in [-0.4, -0.2) is 23.1 Å². The summed E-state index contributed by atoms with van der Waals surface area (Å²) >= 11 is 0. The largest absolute Gasteiger partial charge is 2.00 e. The molecule has 0 atom stereocenters. The van der Waals surface area contributed by atoms with Gasteiger partial charge in [0.15, 0.2) is 0 Å². The molecule has 0 heterocycles. The zero-order valence-electron chi connectivity index (χ0n) is 7.24. The fraction of sp³-hybridized carbons (Fsp3) is 0.333. The molecule has 0 saturated carbocycles. The van der Waals surface area contributed by atoms with Gasteiger partial charge in [0.25, 0.3) is 0 Å². The maximum atomic E-state index is 3.21. The molecule has 0 bridgehead atoms. The number of hydrogen-bond donors (Lipinski definition) is 0. The maximum Gasteiger partial charge on any atom is 2.00 e. The third kappa shape index (κ3) is 4.67. The van der Waals surface area contributed by atoms with Crippen LogP contribution in [0, 0.1) is 26.8 Å². The molecule has 0 unspecified atom stereocenters. The summed E-state index contributed by atoms with van der Waals surface area (Å²) < 4.78 is 0. The van der Waals surface area contributed by atoms with Crippen molar-refractivity contribution >= 4 is 23.1 Å². The molecule has 1 aromatic carbocycles. The number of rotatable bonds is 0. The van der Waals surface area contributed by atoms with Crippen LogP contribution in [0.4, 0.5) is 0 Å². The minimum Gasteiger partial charge on any atom is -1.00 e. The standard InChI is InChI=1S/C9H11.ClH.Mg/c1-7-4-8(2)6-9(3)5-7;;/h4-5H,1-3H3;1H;/q-1;;+2/p-1. The van der Waals surface area contributed by atoms with Crippen LogP contribution in [0.2, 0.25) is 0 Å². The van der Waals surface area contributed by atoms with Crippen LogP contribution in [0.3, 0.4) is 0 Å². The van der Waals surface area contributed by atoms with E-state index in [0.717, 1.165) is 0 Å². The summed E-state index contributed by atoms with van der Waals surface area (Å²) in [6, 6.07) is 7.47. The Morgan fingerprint density at radius 3 is 1.64 bits per heavy atom. The van der Waals surface area contributed by atoms with E-state index >= 15 is 0 Å². The molecule has 1 aromatic rings. The van der Waals surface area contributed by atoms with Crippen LogP contribution in [0.5, 0.6) is 0 Å². The van der Waals surface area contributed by atoms with Gasteiger partial charge in [0.1, 0.15) is 0 Å². The molecule has 0 amide bonds. The van der Waals surface area contributed by atoms with Gasteiger partial charge >= 0.3 is 23.1 Å². The van der Waals surface area contributed by atoms with Crippen molar-refractivity contribution in [2.75, 3.05) is 0 Å². The Morgan fingerprint density at radius 1 is 1.00 bits per heavy atom. The van der Waals surface area contributed by atoms with E-state index in [1.165, 1.54) is 16.7 Å². The summed E-state index contributed by atoms with van der Waals surface area (Å²) in [4.78, 5) is 0. The van der Waals surface area contributed by atoms with Crippen LogP contribution in [-0.2, 0) is 0 Å². The fourth-order valence-corrected chi connectivity index (χ4v) is 1.11. The van der Waals surface area contributed by atoms with Crippen molar-refractivity contribution in [3.05, 3.63) is 34.9 Å². The van der Waals surface area contributed by atoms with Crippen molar-refractivity contribution in [2.45, 2.75) is 20.8 Å². The molecule has 0 aliphatic carbocycles. The molecule has 0 N–H and O–H groups in total. The second-order valence-electron chi connectivity index (χ2n) is 2.52. The average molecular weight is 179 g/mol. The summed E-state index contributed by atoms with van der Waals surface area (Å²) in [5.41, 5.74) is 3.78. The first kappa shape index (κ1) is 13.8. The third-order valence-corrected chi connectivity index (χ3v) is 1.28. The second kappa shape index (κ2) is 5.87. The van der Waals surface area contributed by atoms with Gasteiger partial charge in [0.2, 0.25) is 0 Å². The molecule has 1 rings (SSSR count). The normalized spacial score (nSPS) is 7.91. The molecule has 0 aliphatic heterocycles. The molecule has 0 nitrogen and oxygen atoms in total. The van der Waals surface area contributed by atoms with Gasteiger partial charge in [-0.15, -0.1) is 0 Å². The molecule has 2 heteroatoms. The molecule has 11 heavy (non-hydrogen) atoms. The third-order valence-electron chi connectivity index (χ3n) is 1.28. The Morgan fingerprint density at radius 2 is 1.36 bits per heavy atom. The molecule has 0 spiro atoms. The Labute approximate surface area is 90.9 Å². The Bertz CT molecular complexity index is 170. The number of hydrogen-bond acceptors (Lipinski definition) is 0. The average Bonchev–Trinajstić information content (AvgIpc) is 1.59. The van der Waals surface area contributed by atoms with Gasteiger partial charge in [-0.2, -0.15) is 34.9 Å². The van der Waals surface area contributed by atoms with Crippen molar-refractivity contribution in [1.29, 1.82) is 0 Å². The molecule has 0 saturated heterocycles. The van der Waals surface area contributed by atoms with E-state index in [4.69, 9.17) is 0 Å². The van der Waals surface area contributed by atoms with Crippen molar-refractivity contribution < 1.29 is 12.4 Å². The van der Waals surface area contributed by atoms with Crippen molar-refractivity contribution in [3.63, 3.8) is 0 Å². The van der Waals surface area contributed by atoms with Crippen LogP contribution in [0.15, 0.2) is 12.1 Å². The SMILES string of the molecule is Cc1[c-]c(C)cc(C)c1.[Cl-].[Mg+2]. The van der Waals surface area contributed by atoms with Gasteiger partial charge in [-0.1, -0.05) is 20.8 Å². The molecular formula is C9H11ClMg. The molecular weight excluding hydrogens is 168 g/mol. The first-order valence-electron chi connectivity index (χ1n) is 3.15. The van der Waals surface area contributed by atoms with Gasteiger partial charge in [0.05, 0.1) is 0 Å². The Kier molecular flexibility index (Phi) is 7.38. The van der Waals surface area contributed by atoms with E-state index in [1.807, 2.05) is 0 Å². The van der Waals surface area contributed by atoms with E-state index in [9.17, 15) is 0 Å². The van der Waals surface area contributed by atoms with Gasteiger partial charge in [-0.25, -0.2) is 0 Å². The predicted octanol–water partition coefficient (Wildman–Crippen LogP) is -0.965. The number of benzene rings is 1. The number of halogens is 1. The first-order chi connectivity index (χ1) is 4.18. The minimum absolute atomic E-state index is 0. The quantitative estimate of drug-likeness (QED) is 0.355. The van der Waals surface area contributed by atoms with Gasteiger partial charge in [-0.3, -0.25) is 0 Å². The Hall–Kier alpha value is 0.276. The summed E-state index contributed by atoms with van der Waals surface area (Å²) in [6.45, 7) is 6.24. The van der Waals surface area contributed by atoms with Gasteiger partial charge in [-0.05, 0) is 0 Å². The van der Waals surface area contributed by atoms with Crippen LogP contribution >= 0.6 is 0 Å². The smallest absolute Gasteiger partial charge is 1.00 e. The molecule has 0 fully saturated rings. The summed E-state index contributed by atoms with van der Waals surface area (Å²) in [5.74, 6) is 0. The monoisotopic (exact) mass is 178 g/mol. The zero-order chi connectivity index (χ0) is 6.85. The summed E-state index contributed by atoms with van der Waals surface area (Å²) in [6.07, 6.45) is 0. The van der Waals surface area contributed by atoms with E-state index in [-0.39, 0.29) is 35.5 Å². The van der Waals surface area contributed by atoms with Gasteiger partial charge in [0, 0.05) is 0 Å². The van der Waals surface area contributed by atoms with E-state index in [2.05, 4.69) is 39.0 Å². The van der Waals surface area contributed by atoms with Crippen LogP contribution < -0.4 is 12.4 Å².